The van der Waals surface area contributed by atoms with Gasteiger partial charge < -0.3 is 9.47 Å². The van der Waals surface area contributed by atoms with Crippen molar-refractivity contribution in [2.45, 2.75) is 184 Å². The van der Waals surface area contributed by atoms with Gasteiger partial charge >= 0.3 is 11.9 Å². The van der Waals surface area contributed by atoms with Crippen molar-refractivity contribution in [2.75, 3.05) is 0 Å². The normalized spacial score (nSPS) is 15.8. The van der Waals surface area contributed by atoms with Crippen LogP contribution in [0, 0.1) is 17.8 Å². The second-order valence-corrected chi connectivity index (χ2v) is 29.3. The fourth-order valence-corrected chi connectivity index (χ4v) is 13.9. The van der Waals surface area contributed by atoms with Gasteiger partial charge in [0.25, 0.3) is 0 Å². The fraction of sp³-hybridized carbons (Fsp3) is 0.313. The van der Waals surface area contributed by atoms with E-state index in [1.165, 1.54) is 85.8 Å². The molecule has 2 aliphatic carbocycles. The summed E-state index contributed by atoms with van der Waals surface area (Å²) < 4.78 is 11.3. The summed E-state index contributed by atoms with van der Waals surface area (Å²) in [6.07, 6.45) is 6.48. The number of benzene rings is 13. The van der Waals surface area contributed by atoms with E-state index in [9.17, 15) is 9.59 Å². The fourth-order valence-electron chi connectivity index (χ4n) is 13.9. The second-order valence-electron chi connectivity index (χ2n) is 29.3. The first-order chi connectivity index (χ1) is 49.8. The van der Waals surface area contributed by atoms with Crippen molar-refractivity contribution in [3.63, 3.8) is 0 Å². The third kappa shape index (κ3) is 19.6. The highest BCUT2D eigenvalue weighted by molar-refractivity contribution is 6.07. The Balaban J connectivity index is 0.000000142. The Hall–Kier alpha value is -9.64. The monoisotopic (exact) mass is 1360 g/mol. The van der Waals surface area contributed by atoms with Gasteiger partial charge in [-0.2, -0.15) is 0 Å². The lowest BCUT2D eigenvalue weighted by atomic mass is 9.82. The molecule has 0 aliphatic heterocycles. The zero-order valence-electron chi connectivity index (χ0n) is 64.2. The van der Waals surface area contributed by atoms with Gasteiger partial charge in [0.15, 0.2) is 0 Å². The van der Waals surface area contributed by atoms with Crippen molar-refractivity contribution in [1.29, 1.82) is 0 Å². The average Bonchev–Trinajstić information content (AvgIpc) is 1.61. The van der Waals surface area contributed by atoms with E-state index < -0.39 is 0 Å². The Kier molecular flexibility index (Phi) is 28.2. The molecule has 0 fully saturated rings. The van der Waals surface area contributed by atoms with Crippen LogP contribution in [0.1, 0.15) is 210 Å². The molecule has 0 radical (unpaired) electrons. The molecule has 0 amide bonds. The number of carbonyl (C=O) groups is 2. The number of esters is 2. The van der Waals surface area contributed by atoms with Crippen LogP contribution < -0.4 is 4.74 Å². The molecule has 4 heteroatoms. The Bertz CT molecular complexity index is 4690. The van der Waals surface area contributed by atoms with Crippen LogP contribution in [0.15, 0.2) is 273 Å². The molecule has 532 valence electrons. The van der Waals surface area contributed by atoms with Crippen molar-refractivity contribution >= 4 is 76.6 Å². The van der Waals surface area contributed by atoms with E-state index in [4.69, 9.17) is 9.47 Å². The zero-order valence-corrected chi connectivity index (χ0v) is 64.2. The summed E-state index contributed by atoms with van der Waals surface area (Å²) in [6.45, 7) is 33.3. The molecule has 0 saturated carbocycles. The molecule has 13 aromatic rings. The molecular formula is C99H112O4. The van der Waals surface area contributed by atoms with Crippen molar-refractivity contribution in [1.82, 2.24) is 0 Å². The standard InChI is InChI=1S/C20H20O2.C19H18O2.C14H14.C14H16.C11H14.C11H16.C10H14/c1-3-14(2)20(21)22-13-19-17-10-6-4-8-15(17)12-16-9-5-7-11-18(16)19;1-3-13(2)19(20)21-18-16-10-6-4-8-14(16)12-15-9-5-7-11-17(15)18;1-9-10(2)13-8-4-6-11-5-3-7-12(9)14(11)13;1-3-11(2)13-10-6-8-12-7-4-5-9-14(12)13;1-8-7-10-5-3-4-6-11(10)9(8)2;1-4-11(2,3)10-8-6-5-7-9-10;1-3-9(2)10-7-5-4-6-8-10/h4-12,14H,3,13H2,1-2H3;4-13H,3H2,1-2H3;3-10H,1-2H3;4-11H,3H2,1-2H3;3-6,8-9H,7H2,1-2H3;5-9H,4H2,1-3H3;4-9H,3H2,1-2H3. The third-order valence-corrected chi connectivity index (χ3v) is 22.2. The van der Waals surface area contributed by atoms with Gasteiger partial charge in [-0.15, -0.1) is 0 Å². The first-order valence-corrected chi connectivity index (χ1v) is 38.2. The first kappa shape index (κ1) is 77.5. The van der Waals surface area contributed by atoms with E-state index in [2.05, 4.69) is 276 Å². The van der Waals surface area contributed by atoms with Crippen LogP contribution in [-0.2, 0) is 32.8 Å². The third-order valence-electron chi connectivity index (χ3n) is 22.2. The van der Waals surface area contributed by atoms with Gasteiger partial charge in [-0.3, -0.25) is 9.59 Å². The van der Waals surface area contributed by atoms with Crippen LogP contribution in [0.3, 0.4) is 0 Å². The van der Waals surface area contributed by atoms with Gasteiger partial charge in [0, 0.05) is 16.3 Å². The Morgan fingerprint density at radius 2 is 0.806 bits per heavy atom. The minimum atomic E-state index is -0.168. The summed E-state index contributed by atoms with van der Waals surface area (Å²) in [7, 11) is 0. The molecule has 15 rings (SSSR count). The van der Waals surface area contributed by atoms with Gasteiger partial charge in [-0.05, 0) is 184 Å². The maximum absolute atomic E-state index is 12.2. The zero-order chi connectivity index (χ0) is 73.6. The number of fused-ring (bicyclic) bond motifs is 6. The van der Waals surface area contributed by atoms with Crippen LogP contribution in [0.5, 0.6) is 5.75 Å². The number of carbonyl (C=O) groups excluding carboxylic acids is 2. The summed E-state index contributed by atoms with van der Waals surface area (Å²) in [4.78, 5) is 24.2. The lowest BCUT2D eigenvalue weighted by Gasteiger charge is -2.22. The maximum Gasteiger partial charge on any atom is 0.314 e. The Morgan fingerprint density at radius 3 is 1.31 bits per heavy atom. The molecule has 0 saturated heterocycles. The Morgan fingerprint density at radius 1 is 0.398 bits per heavy atom. The van der Waals surface area contributed by atoms with Crippen molar-refractivity contribution < 1.29 is 19.1 Å². The minimum Gasteiger partial charge on any atom is -0.461 e. The van der Waals surface area contributed by atoms with Crippen LogP contribution in [-0.4, -0.2) is 11.9 Å². The highest BCUT2D eigenvalue weighted by Crippen LogP contribution is 2.46. The van der Waals surface area contributed by atoms with Gasteiger partial charge in [0.2, 0.25) is 0 Å². The quantitative estimate of drug-likeness (QED) is 0.0656. The highest BCUT2D eigenvalue weighted by atomic mass is 16.5. The first-order valence-electron chi connectivity index (χ1n) is 38.2. The largest absolute Gasteiger partial charge is 0.461 e. The van der Waals surface area contributed by atoms with E-state index in [0.717, 1.165) is 62.6 Å². The molecule has 8 atom stereocenters. The number of hydrogen-bond donors (Lipinski definition) is 0. The van der Waals surface area contributed by atoms with Crippen molar-refractivity contribution in [3.05, 3.63) is 317 Å². The SMILES string of the molecule is CC1Cc2ccccc2C1C.CC1c2cccc3cccc(c23)C1C.CCC(C)(C)c1ccccc1.CCC(C)C(=O)OCc1c2ccccc2cc2ccccc12.CCC(C)C(=O)Oc1c2ccccc2cc2ccccc12.CCC(C)c1cccc2ccccc12.CCC(C)c1ccccc1. The van der Waals surface area contributed by atoms with Crippen LogP contribution in [0.4, 0.5) is 0 Å². The molecule has 0 N–H and O–H groups in total. The molecule has 0 heterocycles. The van der Waals surface area contributed by atoms with Crippen molar-refractivity contribution in [2.24, 2.45) is 17.8 Å². The van der Waals surface area contributed by atoms with E-state index in [0.29, 0.717) is 41.4 Å². The number of rotatable bonds is 13. The summed E-state index contributed by atoms with van der Waals surface area (Å²) >= 11 is 0. The van der Waals surface area contributed by atoms with Crippen LogP contribution >= 0.6 is 0 Å². The minimum absolute atomic E-state index is 0.0544. The van der Waals surface area contributed by atoms with E-state index in [-0.39, 0.29) is 23.8 Å². The molecule has 2 aliphatic rings. The van der Waals surface area contributed by atoms with Crippen LogP contribution in [0.25, 0.3) is 64.6 Å². The van der Waals surface area contributed by atoms with Gasteiger partial charge in [-0.1, -0.05) is 365 Å². The molecule has 4 nitrogen and oxygen atoms in total. The summed E-state index contributed by atoms with van der Waals surface area (Å²) in [5, 5.41) is 14.5. The summed E-state index contributed by atoms with van der Waals surface area (Å²) in [6, 6.07) is 95.5. The predicted molar refractivity (Wildman–Crippen MR) is 443 cm³/mol. The van der Waals surface area contributed by atoms with Gasteiger partial charge in [0.1, 0.15) is 12.4 Å². The van der Waals surface area contributed by atoms with E-state index in [1.54, 1.807) is 11.1 Å². The molecular weight excluding hydrogens is 1250 g/mol. The Labute approximate surface area is 616 Å². The molecule has 103 heavy (non-hydrogen) atoms. The number of hydrogen-bond acceptors (Lipinski definition) is 4. The number of ether oxygens (including phenoxy) is 2. The topological polar surface area (TPSA) is 52.6 Å². The van der Waals surface area contributed by atoms with E-state index >= 15 is 0 Å². The molecule has 0 bridgehead atoms. The second kappa shape index (κ2) is 37.5. The lowest BCUT2D eigenvalue weighted by molar-refractivity contribution is -0.149. The molecule has 0 spiro atoms. The molecule has 13 aromatic carbocycles. The lowest BCUT2D eigenvalue weighted by Crippen LogP contribution is -2.17. The van der Waals surface area contributed by atoms with Gasteiger partial charge in [-0.25, -0.2) is 0 Å². The maximum atomic E-state index is 12.2. The molecule has 8 unspecified atom stereocenters. The smallest absolute Gasteiger partial charge is 0.314 e. The van der Waals surface area contributed by atoms with E-state index in [1.807, 2.05) is 100 Å². The molecule has 0 aromatic heterocycles. The summed E-state index contributed by atoms with van der Waals surface area (Å²) in [5.74, 6) is 4.56. The van der Waals surface area contributed by atoms with Crippen LogP contribution in [0.2, 0.25) is 0 Å². The van der Waals surface area contributed by atoms with Crippen molar-refractivity contribution in [3.8, 4) is 5.75 Å². The van der Waals surface area contributed by atoms with Gasteiger partial charge in [0.05, 0.1) is 11.8 Å². The average molecular weight is 1370 g/mol. The highest BCUT2D eigenvalue weighted by Gasteiger charge is 2.28. The summed E-state index contributed by atoms with van der Waals surface area (Å²) in [5.41, 5.74) is 12.0. The predicted octanol–water partition coefficient (Wildman–Crippen LogP) is 28.0.